The van der Waals surface area contributed by atoms with Gasteiger partial charge in [-0.2, -0.15) is 0 Å². The lowest BCUT2D eigenvalue weighted by Crippen LogP contribution is -2.56. The number of ether oxygens (including phenoxy) is 1. The van der Waals surface area contributed by atoms with Gasteiger partial charge in [0.2, 0.25) is 11.8 Å². The third-order valence-electron chi connectivity index (χ3n) is 5.49. The minimum absolute atomic E-state index is 0.0634. The highest BCUT2D eigenvalue weighted by Gasteiger charge is 2.28. The summed E-state index contributed by atoms with van der Waals surface area (Å²) in [6.45, 7) is 3.87. The molecule has 3 aromatic rings. The molecule has 0 saturated carbocycles. The number of hydrogen-bond acceptors (Lipinski definition) is 6. The first-order valence-electron chi connectivity index (χ1n) is 11.9. The number of likely N-dealkylation sites (N-methyl/N-ethyl adjacent to an activating group) is 1. The Bertz CT molecular complexity index is 1170. The minimum atomic E-state index is -1.17. The van der Waals surface area contributed by atoms with Crippen LogP contribution in [-0.2, 0) is 38.8 Å². The van der Waals surface area contributed by atoms with Crippen molar-refractivity contribution >= 4 is 23.5 Å². The Hall–Kier alpha value is -4.02. The van der Waals surface area contributed by atoms with Gasteiger partial charge in [-0.3, -0.25) is 14.4 Å². The topological polar surface area (TPSA) is 132 Å². The lowest BCUT2D eigenvalue weighted by molar-refractivity contribution is -0.131. The van der Waals surface area contributed by atoms with Gasteiger partial charge in [-0.1, -0.05) is 60.7 Å². The number of hydrogen-bond donors (Lipinski definition) is 3. The number of imidazole rings is 1. The number of rotatable bonds is 12. The number of carbonyl (C=O) groups excluding carboxylic acids is 3. The van der Waals surface area contributed by atoms with Crippen molar-refractivity contribution in [1.29, 1.82) is 0 Å². The Kier molecular flexibility index (Phi) is 9.53. The molecule has 0 fully saturated rings. The van der Waals surface area contributed by atoms with Gasteiger partial charge in [0.25, 0.3) is 5.91 Å². The molecule has 37 heavy (non-hydrogen) atoms. The Morgan fingerprint density at radius 2 is 1.68 bits per heavy atom. The number of amides is 3. The summed E-state index contributed by atoms with van der Waals surface area (Å²) in [4.78, 5) is 43.9. The van der Waals surface area contributed by atoms with Crippen molar-refractivity contribution in [2.45, 2.75) is 45.1 Å². The van der Waals surface area contributed by atoms with E-state index in [1.807, 2.05) is 60.7 Å². The van der Waals surface area contributed by atoms with Crippen molar-refractivity contribution in [2.75, 3.05) is 19.0 Å². The van der Waals surface area contributed by atoms with E-state index in [2.05, 4.69) is 15.6 Å². The van der Waals surface area contributed by atoms with Crippen LogP contribution in [-0.4, -0.2) is 57.4 Å². The predicted molar refractivity (Wildman–Crippen MR) is 140 cm³/mol. The monoisotopic (exact) mass is 506 g/mol. The number of anilines is 1. The highest BCUT2D eigenvalue weighted by Crippen LogP contribution is 2.08. The minimum Gasteiger partial charge on any atom is -0.374 e. The summed E-state index contributed by atoms with van der Waals surface area (Å²) >= 11 is 0. The van der Waals surface area contributed by atoms with E-state index < -0.39 is 23.4 Å². The summed E-state index contributed by atoms with van der Waals surface area (Å²) in [5.41, 5.74) is 6.68. The number of nitrogens with one attached hydrogen (secondary N) is 2. The third kappa shape index (κ3) is 8.85. The molecular formula is C27H34N6O4. The quantitative estimate of drug-likeness (QED) is 0.344. The molecule has 0 saturated heterocycles. The standard InChI is InChI=1S/C27H34N6O4/c1-27(2,28)26(36)30-22(18-37-17-21-12-8-5-9-13-21)25(35)31-23-15-33(19-29-23)16-24(34)32(3)14-20-10-6-4-7-11-20/h4-13,15,19,22H,14,16-18,28H2,1-3H3,(H,30,36)(H,31,35)/t22-/m1/s1. The van der Waals surface area contributed by atoms with Gasteiger partial charge in [-0.15, -0.1) is 0 Å². The number of carbonyl (C=O) groups is 3. The fourth-order valence-corrected chi connectivity index (χ4v) is 3.34. The van der Waals surface area contributed by atoms with Crippen LogP contribution in [0.25, 0.3) is 0 Å². The Balaban J connectivity index is 1.58. The van der Waals surface area contributed by atoms with Gasteiger partial charge in [0.1, 0.15) is 12.6 Å². The van der Waals surface area contributed by atoms with Crippen LogP contribution in [0.15, 0.2) is 73.2 Å². The molecule has 0 aliphatic rings. The van der Waals surface area contributed by atoms with Gasteiger partial charge in [0, 0.05) is 19.8 Å². The number of nitrogens with two attached hydrogens (primary N) is 1. The first-order chi connectivity index (χ1) is 17.6. The van der Waals surface area contributed by atoms with Crippen molar-refractivity contribution in [1.82, 2.24) is 19.8 Å². The second-order valence-corrected chi connectivity index (χ2v) is 9.40. The molecule has 0 radical (unpaired) electrons. The lowest BCUT2D eigenvalue weighted by atomic mass is 10.1. The van der Waals surface area contributed by atoms with Crippen LogP contribution >= 0.6 is 0 Å². The normalized spacial score (nSPS) is 12.0. The molecule has 196 valence electrons. The Morgan fingerprint density at radius 1 is 1.05 bits per heavy atom. The summed E-state index contributed by atoms with van der Waals surface area (Å²) in [7, 11) is 1.73. The van der Waals surface area contributed by atoms with Gasteiger partial charge in [-0.05, 0) is 25.0 Å². The Labute approximate surface area is 216 Å². The summed E-state index contributed by atoms with van der Waals surface area (Å²) in [6.07, 6.45) is 3.02. The van der Waals surface area contributed by atoms with Crippen LogP contribution in [0, 0.1) is 0 Å². The van der Waals surface area contributed by atoms with Crippen molar-refractivity contribution in [3.63, 3.8) is 0 Å². The van der Waals surface area contributed by atoms with E-state index in [0.29, 0.717) is 6.54 Å². The lowest BCUT2D eigenvalue weighted by Gasteiger charge is -2.23. The van der Waals surface area contributed by atoms with E-state index in [-0.39, 0.29) is 31.5 Å². The summed E-state index contributed by atoms with van der Waals surface area (Å²) in [5, 5.41) is 5.32. The fraction of sp³-hybridized carbons (Fsp3) is 0.333. The maximum atomic E-state index is 13.0. The second-order valence-electron chi connectivity index (χ2n) is 9.40. The number of benzene rings is 2. The number of aromatic nitrogens is 2. The molecule has 1 aromatic heterocycles. The molecule has 3 rings (SSSR count). The first-order valence-corrected chi connectivity index (χ1v) is 11.9. The molecular weight excluding hydrogens is 472 g/mol. The largest absolute Gasteiger partial charge is 0.374 e. The maximum Gasteiger partial charge on any atom is 0.250 e. The summed E-state index contributed by atoms with van der Waals surface area (Å²) in [5.74, 6) is -0.862. The van der Waals surface area contributed by atoms with Gasteiger partial charge in [0.15, 0.2) is 5.82 Å². The van der Waals surface area contributed by atoms with Crippen LogP contribution in [0.1, 0.15) is 25.0 Å². The summed E-state index contributed by atoms with van der Waals surface area (Å²) < 4.78 is 7.28. The zero-order valence-corrected chi connectivity index (χ0v) is 21.4. The van der Waals surface area contributed by atoms with Crippen LogP contribution in [0.4, 0.5) is 5.82 Å². The van der Waals surface area contributed by atoms with E-state index in [1.165, 1.54) is 6.33 Å². The molecule has 10 nitrogen and oxygen atoms in total. The van der Waals surface area contributed by atoms with E-state index in [4.69, 9.17) is 10.5 Å². The van der Waals surface area contributed by atoms with Crippen molar-refractivity contribution < 1.29 is 19.1 Å². The van der Waals surface area contributed by atoms with Crippen molar-refractivity contribution in [2.24, 2.45) is 5.73 Å². The van der Waals surface area contributed by atoms with Gasteiger partial charge in [0.05, 0.1) is 25.1 Å². The van der Waals surface area contributed by atoms with Crippen molar-refractivity contribution in [3.8, 4) is 0 Å². The van der Waals surface area contributed by atoms with Crippen LogP contribution in [0.5, 0.6) is 0 Å². The molecule has 0 aliphatic carbocycles. The zero-order chi connectivity index (χ0) is 26.8. The molecule has 1 heterocycles. The van der Waals surface area contributed by atoms with Crippen LogP contribution < -0.4 is 16.4 Å². The van der Waals surface area contributed by atoms with Gasteiger partial charge >= 0.3 is 0 Å². The van der Waals surface area contributed by atoms with Crippen LogP contribution in [0.2, 0.25) is 0 Å². The molecule has 0 aliphatic heterocycles. The second kappa shape index (κ2) is 12.8. The Morgan fingerprint density at radius 3 is 2.30 bits per heavy atom. The third-order valence-corrected chi connectivity index (χ3v) is 5.49. The average Bonchev–Trinajstić information content (AvgIpc) is 3.30. The smallest absolute Gasteiger partial charge is 0.250 e. The maximum absolute atomic E-state index is 13.0. The summed E-state index contributed by atoms with van der Waals surface area (Å²) in [6, 6.07) is 18.2. The highest BCUT2D eigenvalue weighted by atomic mass is 16.5. The molecule has 0 unspecified atom stereocenters. The van der Waals surface area contributed by atoms with E-state index in [9.17, 15) is 14.4 Å². The van der Waals surface area contributed by atoms with E-state index >= 15 is 0 Å². The van der Waals surface area contributed by atoms with Crippen molar-refractivity contribution in [3.05, 3.63) is 84.3 Å². The van der Waals surface area contributed by atoms with E-state index in [1.54, 1.807) is 36.6 Å². The molecule has 0 bridgehead atoms. The molecule has 0 spiro atoms. The average molecular weight is 507 g/mol. The molecule has 3 amide bonds. The number of nitrogens with zero attached hydrogens (tertiary/aromatic N) is 3. The first kappa shape index (κ1) is 27.6. The molecule has 4 N–H and O–H groups in total. The SMILES string of the molecule is CN(Cc1ccccc1)C(=O)Cn1cnc(NC(=O)[C@@H](COCc2ccccc2)NC(=O)C(C)(C)N)c1. The van der Waals surface area contributed by atoms with Gasteiger partial charge < -0.3 is 30.6 Å². The van der Waals surface area contributed by atoms with Gasteiger partial charge in [-0.25, -0.2) is 4.98 Å². The molecule has 10 heteroatoms. The van der Waals surface area contributed by atoms with E-state index in [0.717, 1.165) is 11.1 Å². The molecule has 1 atom stereocenters. The predicted octanol–water partition coefficient (Wildman–Crippen LogP) is 1.92. The van der Waals surface area contributed by atoms with Crippen LogP contribution in [0.3, 0.4) is 0 Å². The fourth-order valence-electron chi connectivity index (χ4n) is 3.34. The molecule has 2 aromatic carbocycles. The highest BCUT2D eigenvalue weighted by molar-refractivity contribution is 5.98. The zero-order valence-electron chi connectivity index (χ0n) is 21.4.